The van der Waals surface area contributed by atoms with E-state index in [2.05, 4.69) is 5.32 Å². The van der Waals surface area contributed by atoms with Crippen LogP contribution >= 0.6 is 0 Å². The van der Waals surface area contributed by atoms with E-state index in [1.54, 1.807) is 27.0 Å². The van der Waals surface area contributed by atoms with Gasteiger partial charge in [-0.25, -0.2) is 0 Å². The minimum Gasteiger partial charge on any atom is -0.469 e. The van der Waals surface area contributed by atoms with Gasteiger partial charge >= 0.3 is 0 Å². The molecular weight excluding hydrogens is 222 g/mol. The van der Waals surface area contributed by atoms with E-state index in [9.17, 15) is 9.90 Å². The number of carbonyl (C=O) groups is 1. The Balaban J connectivity index is 2.45. The number of nitrogens with one attached hydrogen (secondary N) is 1. The van der Waals surface area contributed by atoms with Gasteiger partial charge in [-0.05, 0) is 19.9 Å². The number of rotatable bonds is 6. The third-order valence-electron chi connectivity index (χ3n) is 2.58. The van der Waals surface area contributed by atoms with Gasteiger partial charge in [-0.15, -0.1) is 0 Å². The van der Waals surface area contributed by atoms with Crippen molar-refractivity contribution >= 4 is 5.91 Å². The van der Waals surface area contributed by atoms with Gasteiger partial charge in [0.05, 0.1) is 17.4 Å². The second kappa shape index (κ2) is 5.84. The summed E-state index contributed by atoms with van der Waals surface area (Å²) in [4.78, 5) is 11.7. The normalized spacial score (nSPS) is 14.4. The maximum atomic E-state index is 11.7. The summed E-state index contributed by atoms with van der Waals surface area (Å²) < 4.78 is 9.93. The Morgan fingerprint density at radius 2 is 2.35 bits per heavy atom. The van der Waals surface area contributed by atoms with E-state index >= 15 is 0 Å². The van der Waals surface area contributed by atoms with Crippen LogP contribution in [0.1, 0.15) is 29.5 Å². The minimum atomic E-state index is -0.969. The van der Waals surface area contributed by atoms with Gasteiger partial charge in [0.25, 0.3) is 5.91 Å². The Morgan fingerprint density at radius 3 is 2.88 bits per heavy atom. The molecule has 0 aliphatic carbocycles. The number of amides is 1. The molecule has 0 aliphatic heterocycles. The lowest BCUT2D eigenvalue weighted by Crippen LogP contribution is -2.41. The molecule has 1 aromatic rings. The lowest BCUT2D eigenvalue weighted by molar-refractivity contribution is 0.0243. The quantitative estimate of drug-likeness (QED) is 0.782. The molecule has 17 heavy (non-hydrogen) atoms. The second-order valence-corrected chi connectivity index (χ2v) is 4.31. The van der Waals surface area contributed by atoms with E-state index < -0.39 is 5.60 Å². The summed E-state index contributed by atoms with van der Waals surface area (Å²) in [6.07, 6.45) is 1.93. The zero-order valence-electron chi connectivity index (χ0n) is 10.4. The van der Waals surface area contributed by atoms with E-state index in [-0.39, 0.29) is 12.5 Å². The summed E-state index contributed by atoms with van der Waals surface area (Å²) in [5.41, 5.74) is -0.476. The van der Waals surface area contributed by atoms with Gasteiger partial charge in [-0.2, -0.15) is 0 Å². The molecule has 5 nitrogen and oxygen atoms in total. The molecule has 0 saturated heterocycles. The fourth-order valence-electron chi connectivity index (χ4n) is 1.40. The van der Waals surface area contributed by atoms with Crippen LogP contribution in [0.2, 0.25) is 0 Å². The highest BCUT2D eigenvalue weighted by molar-refractivity contribution is 5.95. The van der Waals surface area contributed by atoms with Crippen molar-refractivity contribution in [2.45, 2.75) is 25.9 Å². The zero-order chi connectivity index (χ0) is 12.9. The highest BCUT2D eigenvalue weighted by Gasteiger charge is 2.22. The molecule has 1 aromatic heterocycles. The smallest absolute Gasteiger partial charge is 0.254 e. The number of aryl methyl sites for hydroxylation is 1. The molecule has 1 unspecified atom stereocenters. The molecule has 1 atom stereocenters. The first-order valence-corrected chi connectivity index (χ1v) is 5.50. The van der Waals surface area contributed by atoms with E-state index in [0.717, 1.165) is 0 Å². The van der Waals surface area contributed by atoms with Crippen molar-refractivity contribution in [3.63, 3.8) is 0 Å². The van der Waals surface area contributed by atoms with Crippen LogP contribution in [0.15, 0.2) is 16.7 Å². The van der Waals surface area contributed by atoms with Crippen LogP contribution in [0.4, 0.5) is 0 Å². The topological polar surface area (TPSA) is 71.7 Å². The molecule has 96 valence electrons. The second-order valence-electron chi connectivity index (χ2n) is 4.31. The maximum absolute atomic E-state index is 11.7. The molecular formula is C12H19NO4. The molecule has 1 heterocycles. The maximum Gasteiger partial charge on any atom is 0.254 e. The van der Waals surface area contributed by atoms with Crippen LogP contribution in [-0.2, 0) is 4.74 Å². The number of hydrogen-bond donors (Lipinski definition) is 2. The van der Waals surface area contributed by atoms with Crippen molar-refractivity contribution < 1.29 is 19.1 Å². The molecule has 0 aromatic carbocycles. The first-order chi connectivity index (χ1) is 7.96. The fraction of sp³-hybridized carbons (Fsp3) is 0.583. The molecule has 0 fully saturated rings. The average Bonchev–Trinajstić information content (AvgIpc) is 2.70. The highest BCUT2D eigenvalue weighted by atomic mass is 16.5. The Kier molecular flexibility index (Phi) is 4.72. The van der Waals surface area contributed by atoms with Crippen LogP contribution in [0, 0.1) is 6.92 Å². The van der Waals surface area contributed by atoms with Gasteiger partial charge in [0.1, 0.15) is 5.76 Å². The molecule has 0 bridgehead atoms. The van der Waals surface area contributed by atoms with Crippen LogP contribution < -0.4 is 5.32 Å². The van der Waals surface area contributed by atoms with E-state index in [0.29, 0.717) is 24.4 Å². The van der Waals surface area contributed by atoms with Gasteiger partial charge in [0.15, 0.2) is 0 Å². The van der Waals surface area contributed by atoms with Crippen LogP contribution in [0.3, 0.4) is 0 Å². The van der Waals surface area contributed by atoms with Crippen molar-refractivity contribution in [2.75, 3.05) is 20.3 Å². The number of carbonyl (C=O) groups excluding carboxylic acids is 1. The fourth-order valence-corrected chi connectivity index (χ4v) is 1.40. The van der Waals surface area contributed by atoms with Crippen molar-refractivity contribution in [2.24, 2.45) is 0 Å². The molecule has 2 N–H and O–H groups in total. The largest absolute Gasteiger partial charge is 0.469 e. The number of ether oxygens (including phenoxy) is 1. The third-order valence-corrected chi connectivity index (χ3v) is 2.58. The predicted octanol–water partition coefficient (Wildman–Crippen LogP) is 1.11. The average molecular weight is 241 g/mol. The van der Waals surface area contributed by atoms with Gasteiger partial charge in [-0.1, -0.05) is 0 Å². The monoisotopic (exact) mass is 241 g/mol. The first kappa shape index (κ1) is 13.7. The molecule has 1 rings (SSSR count). The molecule has 0 spiro atoms. The molecule has 5 heteroatoms. The van der Waals surface area contributed by atoms with Crippen molar-refractivity contribution in [3.05, 3.63) is 23.7 Å². The Morgan fingerprint density at radius 1 is 1.65 bits per heavy atom. The summed E-state index contributed by atoms with van der Waals surface area (Å²) in [6, 6.07) is 1.61. The van der Waals surface area contributed by atoms with Crippen molar-refractivity contribution in [1.82, 2.24) is 5.32 Å². The number of hydrogen-bond acceptors (Lipinski definition) is 4. The van der Waals surface area contributed by atoms with Crippen LogP contribution in [-0.4, -0.2) is 36.9 Å². The third kappa shape index (κ3) is 4.20. The van der Waals surface area contributed by atoms with Gasteiger partial charge in [0, 0.05) is 26.7 Å². The van der Waals surface area contributed by atoms with E-state index in [4.69, 9.17) is 9.15 Å². The number of aliphatic hydroxyl groups is 1. The summed E-state index contributed by atoms with van der Waals surface area (Å²) in [7, 11) is 1.57. The van der Waals surface area contributed by atoms with E-state index in [1.165, 1.54) is 6.26 Å². The first-order valence-electron chi connectivity index (χ1n) is 5.50. The Bertz CT molecular complexity index is 370. The predicted molar refractivity (Wildman–Crippen MR) is 62.9 cm³/mol. The standard InChI is InChI=1S/C12H19NO4/c1-9-10(4-6-17-9)11(14)13-8-12(2,15)5-7-16-3/h4,6,15H,5,7-8H2,1-3H3,(H,13,14). The lowest BCUT2D eigenvalue weighted by Gasteiger charge is -2.23. The van der Waals surface area contributed by atoms with Gasteiger partial charge in [0.2, 0.25) is 0 Å². The zero-order valence-corrected chi connectivity index (χ0v) is 10.4. The minimum absolute atomic E-state index is 0.180. The summed E-state index contributed by atoms with van der Waals surface area (Å²) in [5.74, 6) is 0.327. The van der Waals surface area contributed by atoms with Crippen molar-refractivity contribution in [3.8, 4) is 0 Å². The van der Waals surface area contributed by atoms with Crippen LogP contribution in [0.5, 0.6) is 0 Å². The number of furan rings is 1. The molecule has 0 aliphatic rings. The van der Waals surface area contributed by atoms with Gasteiger partial charge < -0.3 is 19.6 Å². The van der Waals surface area contributed by atoms with Crippen molar-refractivity contribution in [1.29, 1.82) is 0 Å². The molecule has 0 saturated carbocycles. The van der Waals surface area contributed by atoms with Crippen LogP contribution in [0.25, 0.3) is 0 Å². The number of methoxy groups -OCH3 is 1. The lowest BCUT2D eigenvalue weighted by atomic mass is 10.0. The Hall–Kier alpha value is -1.33. The van der Waals surface area contributed by atoms with Gasteiger partial charge in [-0.3, -0.25) is 4.79 Å². The SMILES string of the molecule is COCCC(C)(O)CNC(=O)c1ccoc1C. The summed E-state index contributed by atoms with van der Waals surface area (Å²) >= 11 is 0. The molecule has 0 radical (unpaired) electrons. The highest BCUT2D eigenvalue weighted by Crippen LogP contribution is 2.11. The summed E-state index contributed by atoms with van der Waals surface area (Å²) in [6.45, 7) is 4.01. The van der Waals surface area contributed by atoms with E-state index in [1.807, 2.05) is 0 Å². The summed E-state index contributed by atoms with van der Waals surface area (Å²) in [5, 5.41) is 12.6. The Labute approximate surface area is 101 Å². The molecule has 1 amide bonds.